The first kappa shape index (κ1) is 31.2. The van der Waals surface area contributed by atoms with E-state index in [2.05, 4.69) is 16.0 Å². The maximum absolute atomic E-state index is 13.2. The molecule has 0 spiro atoms. The number of phenolic OH excluding ortho intramolecular Hbond substituents is 1. The number of hydrogen-bond donors (Lipinski definition) is 8. The predicted molar refractivity (Wildman–Crippen MR) is 139 cm³/mol. The summed E-state index contributed by atoms with van der Waals surface area (Å²) in [5.74, 6) is -6.61. The van der Waals surface area contributed by atoms with Crippen LogP contribution in [0.4, 0.5) is 0 Å². The minimum atomic E-state index is -1.59. The Bertz CT molecular complexity index is 1220. The van der Waals surface area contributed by atoms with Gasteiger partial charge in [0.1, 0.15) is 23.9 Å². The van der Waals surface area contributed by atoms with Crippen LogP contribution >= 0.6 is 0 Å². The number of aliphatic carboxylic acids is 2. The van der Waals surface area contributed by atoms with Crippen LogP contribution in [0, 0.1) is 0 Å². The summed E-state index contributed by atoms with van der Waals surface area (Å²) in [6.45, 7) is 0. The molecule has 4 atom stereocenters. The van der Waals surface area contributed by atoms with Gasteiger partial charge in [0, 0.05) is 12.8 Å². The molecule has 0 bridgehead atoms. The van der Waals surface area contributed by atoms with E-state index in [0.717, 1.165) is 0 Å². The van der Waals surface area contributed by atoms with Crippen LogP contribution in [0.25, 0.3) is 0 Å². The monoisotopic (exact) mass is 557 g/mol. The largest absolute Gasteiger partial charge is 0.508 e. The Kier molecular flexibility index (Phi) is 11.6. The van der Waals surface area contributed by atoms with E-state index in [4.69, 9.17) is 16.6 Å². The van der Waals surface area contributed by atoms with E-state index in [-0.39, 0.29) is 18.6 Å². The summed E-state index contributed by atoms with van der Waals surface area (Å²) >= 11 is 0. The standard InChI is InChI=1S/C26H31N5O9/c27-17(12-22(34)35)23(36)29-19(13-21(28)33)25(38)30-18(10-14-4-2-1-3-5-14)24(37)31-20(26(39)40)11-15-6-8-16(32)9-7-15/h1-9,17-20,32H,10-13,27H2,(H2,28,33)(H,29,36)(H,30,38)(H,31,37)(H,34,35)(H,39,40). The zero-order valence-electron chi connectivity index (χ0n) is 21.3. The molecule has 2 rings (SSSR count). The first-order chi connectivity index (χ1) is 18.8. The van der Waals surface area contributed by atoms with Crippen molar-refractivity contribution in [3.05, 3.63) is 65.7 Å². The molecule has 214 valence electrons. The fraction of sp³-hybridized carbons (Fsp3) is 0.308. The van der Waals surface area contributed by atoms with Gasteiger partial charge >= 0.3 is 11.9 Å². The van der Waals surface area contributed by atoms with E-state index >= 15 is 0 Å². The summed E-state index contributed by atoms with van der Waals surface area (Å²) in [7, 11) is 0. The van der Waals surface area contributed by atoms with Crippen LogP contribution in [0.1, 0.15) is 24.0 Å². The Balaban J connectivity index is 2.26. The molecule has 0 aliphatic rings. The molecule has 0 aliphatic carbocycles. The second-order valence-corrected chi connectivity index (χ2v) is 8.96. The van der Waals surface area contributed by atoms with E-state index in [1.54, 1.807) is 30.3 Å². The molecule has 0 aliphatic heterocycles. The Morgan fingerprint density at radius 2 is 1.18 bits per heavy atom. The van der Waals surface area contributed by atoms with E-state index in [1.165, 1.54) is 24.3 Å². The normalized spacial score (nSPS) is 13.6. The first-order valence-corrected chi connectivity index (χ1v) is 12.1. The molecule has 10 N–H and O–H groups in total. The van der Waals surface area contributed by atoms with Crippen LogP contribution < -0.4 is 27.4 Å². The average molecular weight is 558 g/mol. The third-order valence-corrected chi connectivity index (χ3v) is 5.68. The number of primary amides is 1. The van der Waals surface area contributed by atoms with Gasteiger partial charge < -0.3 is 42.7 Å². The molecule has 0 aromatic heterocycles. The molecule has 14 heteroatoms. The van der Waals surface area contributed by atoms with Gasteiger partial charge in [0.05, 0.1) is 18.9 Å². The van der Waals surface area contributed by atoms with Crippen LogP contribution in [0.5, 0.6) is 5.75 Å². The lowest BCUT2D eigenvalue weighted by atomic mass is 10.0. The van der Waals surface area contributed by atoms with Crippen LogP contribution in [0.2, 0.25) is 0 Å². The molecular weight excluding hydrogens is 526 g/mol. The van der Waals surface area contributed by atoms with Crippen LogP contribution in [-0.2, 0) is 41.6 Å². The van der Waals surface area contributed by atoms with Gasteiger partial charge in [-0.25, -0.2) is 4.79 Å². The number of carbonyl (C=O) groups is 6. The summed E-state index contributed by atoms with van der Waals surface area (Å²) in [5, 5.41) is 35.0. The predicted octanol–water partition coefficient (Wildman–Crippen LogP) is -1.61. The minimum absolute atomic E-state index is 0.0215. The number of amides is 4. The highest BCUT2D eigenvalue weighted by atomic mass is 16.4. The van der Waals surface area contributed by atoms with Gasteiger partial charge in [-0.1, -0.05) is 42.5 Å². The number of phenols is 1. The van der Waals surface area contributed by atoms with Crippen molar-refractivity contribution in [3.8, 4) is 5.75 Å². The number of nitrogens with two attached hydrogens (primary N) is 2. The summed E-state index contributed by atoms with van der Waals surface area (Å²) in [6.07, 6.45) is -1.64. The first-order valence-electron chi connectivity index (χ1n) is 12.1. The molecule has 2 aromatic rings. The molecule has 4 unspecified atom stereocenters. The van der Waals surface area contributed by atoms with Crippen molar-refractivity contribution in [3.63, 3.8) is 0 Å². The van der Waals surface area contributed by atoms with Gasteiger partial charge in [-0.2, -0.15) is 0 Å². The molecular formula is C26H31N5O9. The minimum Gasteiger partial charge on any atom is -0.508 e. The summed E-state index contributed by atoms with van der Waals surface area (Å²) in [4.78, 5) is 73.0. The molecule has 0 radical (unpaired) electrons. The number of nitrogens with one attached hydrogen (secondary N) is 3. The summed E-state index contributed by atoms with van der Waals surface area (Å²) in [6, 6.07) is 8.30. The molecule has 0 saturated carbocycles. The number of hydrogen-bond acceptors (Lipinski definition) is 8. The van der Waals surface area contributed by atoms with Crippen molar-refractivity contribution in [2.24, 2.45) is 11.5 Å². The van der Waals surface area contributed by atoms with Gasteiger partial charge in [0.15, 0.2) is 0 Å². The molecule has 0 fully saturated rings. The van der Waals surface area contributed by atoms with Crippen LogP contribution in [0.15, 0.2) is 54.6 Å². The highest BCUT2D eigenvalue weighted by Crippen LogP contribution is 2.12. The number of aromatic hydroxyl groups is 1. The quantitative estimate of drug-likeness (QED) is 0.124. The lowest BCUT2D eigenvalue weighted by Gasteiger charge is -2.25. The Hall–Kier alpha value is -4.98. The van der Waals surface area contributed by atoms with Crippen molar-refractivity contribution in [1.82, 2.24) is 16.0 Å². The zero-order chi connectivity index (χ0) is 29.8. The average Bonchev–Trinajstić information content (AvgIpc) is 2.88. The maximum Gasteiger partial charge on any atom is 0.326 e. The molecule has 4 amide bonds. The zero-order valence-corrected chi connectivity index (χ0v) is 21.3. The Morgan fingerprint density at radius 3 is 1.73 bits per heavy atom. The summed E-state index contributed by atoms with van der Waals surface area (Å²) < 4.78 is 0. The fourth-order valence-electron chi connectivity index (χ4n) is 3.64. The number of carboxylic acids is 2. The Labute approximate surface area is 228 Å². The van der Waals surface area contributed by atoms with E-state index in [1.807, 2.05) is 0 Å². The highest BCUT2D eigenvalue weighted by Gasteiger charge is 2.31. The van der Waals surface area contributed by atoms with E-state index in [0.29, 0.717) is 11.1 Å². The van der Waals surface area contributed by atoms with Crippen molar-refractivity contribution in [2.75, 3.05) is 0 Å². The molecule has 0 heterocycles. The van der Waals surface area contributed by atoms with Crippen molar-refractivity contribution >= 4 is 35.6 Å². The SMILES string of the molecule is NC(=O)CC(NC(=O)C(N)CC(=O)O)C(=O)NC(Cc1ccccc1)C(=O)NC(Cc1ccc(O)cc1)C(=O)O. The van der Waals surface area contributed by atoms with Crippen LogP contribution in [-0.4, -0.2) is 75.1 Å². The van der Waals surface area contributed by atoms with Gasteiger partial charge in [-0.05, 0) is 23.3 Å². The number of benzene rings is 2. The smallest absolute Gasteiger partial charge is 0.326 e. The fourth-order valence-corrected chi connectivity index (χ4v) is 3.64. The van der Waals surface area contributed by atoms with Gasteiger partial charge in [0.2, 0.25) is 23.6 Å². The molecule has 2 aromatic carbocycles. The van der Waals surface area contributed by atoms with Gasteiger partial charge in [-0.15, -0.1) is 0 Å². The van der Waals surface area contributed by atoms with Crippen LogP contribution in [0.3, 0.4) is 0 Å². The number of carboxylic acid groups (broad SMARTS) is 2. The third-order valence-electron chi connectivity index (χ3n) is 5.68. The lowest BCUT2D eigenvalue weighted by Crippen LogP contribution is -2.58. The second-order valence-electron chi connectivity index (χ2n) is 8.96. The van der Waals surface area contributed by atoms with Crippen molar-refractivity contribution in [1.29, 1.82) is 0 Å². The Morgan fingerprint density at radius 1 is 0.675 bits per heavy atom. The third kappa shape index (κ3) is 10.4. The van der Waals surface area contributed by atoms with Gasteiger partial charge in [0.25, 0.3) is 0 Å². The number of carbonyl (C=O) groups excluding carboxylic acids is 4. The highest BCUT2D eigenvalue weighted by molar-refractivity contribution is 5.96. The molecule has 14 nitrogen and oxygen atoms in total. The molecule has 40 heavy (non-hydrogen) atoms. The van der Waals surface area contributed by atoms with Crippen molar-refractivity contribution in [2.45, 2.75) is 49.9 Å². The van der Waals surface area contributed by atoms with Gasteiger partial charge in [-0.3, -0.25) is 24.0 Å². The van der Waals surface area contributed by atoms with Crippen molar-refractivity contribution < 1.29 is 44.1 Å². The van der Waals surface area contributed by atoms with E-state index < -0.39 is 72.6 Å². The number of rotatable bonds is 15. The topological polar surface area (TPSA) is 251 Å². The second kappa shape index (κ2) is 14.8. The maximum atomic E-state index is 13.2. The van der Waals surface area contributed by atoms with E-state index in [9.17, 15) is 39.0 Å². The summed E-state index contributed by atoms with van der Waals surface area (Å²) in [5.41, 5.74) is 11.8. The molecule has 0 saturated heterocycles. The lowest BCUT2D eigenvalue weighted by molar-refractivity contribution is -0.142.